The number of carbonyl (C=O) groups is 2. The third-order valence-electron chi connectivity index (χ3n) is 6.14. The number of rotatable bonds is 8. The Balaban J connectivity index is 1.43. The molecule has 3 aromatic rings. The summed E-state index contributed by atoms with van der Waals surface area (Å²) >= 11 is 1.49. The predicted octanol–water partition coefficient (Wildman–Crippen LogP) is 5.03. The summed E-state index contributed by atoms with van der Waals surface area (Å²) in [6.07, 6.45) is 5.76. The van der Waals surface area contributed by atoms with Gasteiger partial charge in [0, 0.05) is 49.1 Å². The molecule has 8 nitrogen and oxygen atoms in total. The summed E-state index contributed by atoms with van der Waals surface area (Å²) in [5.41, 5.74) is 3.93. The second-order valence-corrected chi connectivity index (χ2v) is 9.72. The van der Waals surface area contributed by atoms with Gasteiger partial charge in [0.25, 0.3) is 0 Å². The van der Waals surface area contributed by atoms with E-state index in [1.165, 1.54) is 11.3 Å². The van der Waals surface area contributed by atoms with Gasteiger partial charge in [-0.25, -0.2) is 4.79 Å². The SMILES string of the molecule is CN=Cc1c(NC(=O)CC(C)c2ccccc2OC)sc2c1CCN(C(=O)OCc1ccncc1)C2. The van der Waals surface area contributed by atoms with Crippen LogP contribution in [0.4, 0.5) is 9.80 Å². The maximum Gasteiger partial charge on any atom is 0.410 e. The van der Waals surface area contributed by atoms with Crippen LogP contribution >= 0.6 is 11.3 Å². The molecular formula is C27H30N4O4S. The van der Waals surface area contributed by atoms with Crippen LogP contribution < -0.4 is 10.1 Å². The molecule has 0 saturated carbocycles. The Labute approximate surface area is 215 Å². The molecule has 1 N–H and O–H groups in total. The minimum Gasteiger partial charge on any atom is -0.496 e. The van der Waals surface area contributed by atoms with Crippen molar-refractivity contribution in [2.75, 3.05) is 26.0 Å². The molecule has 1 unspecified atom stereocenters. The van der Waals surface area contributed by atoms with Crippen LogP contribution in [0.5, 0.6) is 5.75 Å². The van der Waals surface area contributed by atoms with Crippen molar-refractivity contribution in [1.29, 1.82) is 0 Å². The van der Waals surface area contributed by atoms with Crippen molar-refractivity contribution in [3.63, 3.8) is 0 Å². The number of benzene rings is 1. The summed E-state index contributed by atoms with van der Waals surface area (Å²) in [6.45, 7) is 3.20. The second-order valence-electron chi connectivity index (χ2n) is 8.61. The van der Waals surface area contributed by atoms with Gasteiger partial charge in [0.15, 0.2) is 0 Å². The first-order chi connectivity index (χ1) is 17.5. The number of nitrogens with one attached hydrogen (secondary N) is 1. The number of pyridine rings is 1. The van der Waals surface area contributed by atoms with E-state index >= 15 is 0 Å². The zero-order valence-corrected chi connectivity index (χ0v) is 21.5. The number of anilines is 1. The zero-order chi connectivity index (χ0) is 25.5. The summed E-state index contributed by atoms with van der Waals surface area (Å²) in [4.78, 5) is 36.6. The summed E-state index contributed by atoms with van der Waals surface area (Å²) in [5.74, 6) is 0.690. The predicted molar refractivity (Wildman–Crippen MR) is 141 cm³/mol. The van der Waals surface area contributed by atoms with Crippen LogP contribution in [0.25, 0.3) is 0 Å². The van der Waals surface area contributed by atoms with E-state index in [2.05, 4.69) is 15.3 Å². The van der Waals surface area contributed by atoms with Crippen molar-refractivity contribution in [2.24, 2.45) is 4.99 Å². The lowest BCUT2D eigenvalue weighted by Crippen LogP contribution is -2.35. The molecule has 2 aromatic heterocycles. The molecule has 1 aliphatic rings. The van der Waals surface area contributed by atoms with E-state index < -0.39 is 0 Å². The van der Waals surface area contributed by atoms with E-state index in [1.807, 2.05) is 43.3 Å². The first kappa shape index (κ1) is 25.4. The Hall–Kier alpha value is -3.72. The Morgan fingerprint density at radius 3 is 2.78 bits per heavy atom. The maximum atomic E-state index is 13.0. The van der Waals surface area contributed by atoms with Gasteiger partial charge in [0.2, 0.25) is 5.91 Å². The van der Waals surface area contributed by atoms with Gasteiger partial charge in [0.1, 0.15) is 17.4 Å². The van der Waals surface area contributed by atoms with E-state index in [0.717, 1.165) is 37.9 Å². The van der Waals surface area contributed by atoms with Gasteiger partial charge >= 0.3 is 6.09 Å². The van der Waals surface area contributed by atoms with Crippen LogP contribution in [0.2, 0.25) is 0 Å². The molecule has 1 aliphatic heterocycles. The van der Waals surface area contributed by atoms with Gasteiger partial charge in [-0.1, -0.05) is 25.1 Å². The topological polar surface area (TPSA) is 93.1 Å². The zero-order valence-electron chi connectivity index (χ0n) is 20.7. The van der Waals surface area contributed by atoms with Gasteiger partial charge in [-0.15, -0.1) is 11.3 Å². The highest BCUT2D eigenvalue weighted by atomic mass is 32.1. The number of hydrogen-bond donors (Lipinski definition) is 1. The Morgan fingerprint density at radius 2 is 2.03 bits per heavy atom. The Kier molecular flexibility index (Phi) is 8.32. The monoisotopic (exact) mass is 506 g/mol. The van der Waals surface area contributed by atoms with Crippen molar-refractivity contribution in [1.82, 2.24) is 9.88 Å². The molecule has 0 bridgehead atoms. The molecule has 36 heavy (non-hydrogen) atoms. The molecule has 0 saturated heterocycles. The van der Waals surface area contributed by atoms with E-state index in [4.69, 9.17) is 9.47 Å². The number of fused-ring (bicyclic) bond motifs is 1. The average Bonchev–Trinajstić information content (AvgIpc) is 3.23. The van der Waals surface area contributed by atoms with Gasteiger partial charge in [-0.05, 0) is 47.2 Å². The van der Waals surface area contributed by atoms with Crippen molar-refractivity contribution in [3.8, 4) is 5.75 Å². The third-order valence-corrected chi connectivity index (χ3v) is 7.29. The number of carbonyl (C=O) groups excluding carboxylic acids is 2. The van der Waals surface area contributed by atoms with Gasteiger partial charge in [-0.3, -0.25) is 14.8 Å². The maximum absolute atomic E-state index is 13.0. The highest BCUT2D eigenvalue weighted by molar-refractivity contribution is 7.16. The Morgan fingerprint density at radius 1 is 1.25 bits per heavy atom. The summed E-state index contributed by atoms with van der Waals surface area (Å²) < 4.78 is 10.9. The van der Waals surface area contributed by atoms with E-state index in [-0.39, 0.29) is 24.5 Å². The number of thiophene rings is 1. The van der Waals surface area contributed by atoms with Crippen LogP contribution in [0, 0.1) is 0 Å². The standard InChI is InChI=1S/C27H30N4O4S/c1-18(20-6-4-5-7-23(20)34-3)14-25(32)30-26-22(15-28-2)21-10-13-31(16-24(21)36-26)27(33)35-17-19-8-11-29-12-9-19/h4-9,11-12,15,18H,10,13-14,16-17H2,1-3H3,(H,30,32). The number of ether oxygens (including phenoxy) is 2. The second kappa shape index (κ2) is 11.8. The smallest absolute Gasteiger partial charge is 0.410 e. The van der Waals surface area contributed by atoms with Crippen molar-refractivity contribution in [3.05, 3.63) is 75.9 Å². The fourth-order valence-electron chi connectivity index (χ4n) is 4.30. The average molecular weight is 507 g/mol. The lowest BCUT2D eigenvalue weighted by molar-refractivity contribution is -0.116. The number of methoxy groups -OCH3 is 1. The summed E-state index contributed by atoms with van der Waals surface area (Å²) in [7, 11) is 3.35. The van der Waals surface area contributed by atoms with Crippen molar-refractivity contribution >= 4 is 34.6 Å². The van der Waals surface area contributed by atoms with Gasteiger partial charge < -0.3 is 19.7 Å². The molecule has 4 rings (SSSR count). The highest BCUT2D eigenvalue weighted by Gasteiger charge is 2.28. The summed E-state index contributed by atoms with van der Waals surface area (Å²) in [6, 6.07) is 11.4. The van der Waals surface area contributed by atoms with Gasteiger partial charge in [-0.2, -0.15) is 0 Å². The van der Waals surface area contributed by atoms with Crippen molar-refractivity contribution < 1.29 is 19.1 Å². The largest absolute Gasteiger partial charge is 0.496 e. The molecule has 3 heterocycles. The lowest BCUT2D eigenvalue weighted by Gasteiger charge is -2.26. The Bertz CT molecular complexity index is 1240. The first-order valence-electron chi connectivity index (χ1n) is 11.8. The molecule has 1 atom stereocenters. The minimum absolute atomic E-state index is 0.00955. The molecular weight excluding hydrogens is 476 g/mol. The van der Waals surface area contributed by atoms with E-state index in [9.17, 15) is 9.59 Å². The number of hydrogen-bond acceptors (Lipinski definition) is 7. The van der Waals surface area contributed by atoms with Crippen LogP contribution in [-0.4, -0.2) is 48.8 Å². The molecule has 0 aliphatic carbocycles. The number of nitrogens with zero attached hydrogens (tertiary/aromatic N) is 3. The molecule has 188 valence electrons. The normalized spacial score (nSPS) is 13.8. The molecule has 0 spiro atoms. The molecule has 1 aromatic carbocycles. The third kappa shape index (κ3) is 5.91. The fourth-order valence-corrected chi connectivity index (χ4v) is 5.55. The van der Waals surface area contributed by atoms with Crippen LogP contribution in [0.1, 0.15) is 46.4 Å². The number of amides is 2. The number of aliphatic imine (C=N–C) groups is 1. The quantitative estimate of drug-likeness (QED) is 0.433. The van der Waals surface area contributed by atoms with Crippen LogP contribution in [0.15, 0.2) is 53.8 Å². The van der Waals surface area contributed by atoms with Crippen LogP contribution in [0.3, 0.4) is 0 Å². The lowest BCUT2D eigenvalue weighted by atomic mass is 9.96. The first-order valence-corrected chi connectivity index (χ1v) is 12.6. The number of aromatic nitrogens is 1. The summed E-state index contributed by atoms with van der Waals surface area (Å²) in [5, 5.41) is 3.85. The molecule has 2 amide bonds. The minimum atomic E-state index is -0.354. The van der Waals surface area contributed by atoms with E-state index in [0.29, 0.717) is 25.9 Å². The highest BCUT2D eigenvalue weighted by Crippen LogP contribution is 2.37. The van der Waals surface area contributed by atoms with Gasteiger partial charge in [0.05, 0.1) is 13.7 Å². The van der Waals surface area contributed by atoms with E-state index in [1.54, 1.807) is 37.7 Å². The molecule has 0 radical (unpaired) electrons. The fraction of sp³-hybridized carbons (Fsp3) is 0.333. The number of para-hydroxylation sites is 1. The van der Waals surface area contributed by atoms with Crippen molar-refractivity contribution in [2.45, 2.75) is 38.8 Å². The van der Waals surface area contributed by atoms with Crippen LogP contribution in [-0.2, 0) is 29.1 Å². The molecule has 9 heteroatoms. The molecule has 0 fully saturated rings.